The van der Waals surface area contributed by atoms with E-state index in [4.69, 9.17) is 21.7 Å². The van der Waals surface area contributed by atoms with Crippen molar-refractivity contribution >= 4 is 29.3 Å². The van der Waals surface area contributed by atoms with E-state index in [1.165, 1.54) is 5.01 Å². The Morgan fingerprint density at radius 3 is 2.42 bits per heavy atom. The van der Waals surface area contributed by atoms with Crippen LogP contribution in [0.25, 0.3) is 0 Å². The van der Waals surface area contributed by atoms with E-state index < -0.39 is 5.60 Å². The van der Waals surface area contributed by atoms with Crippen molar-refractivity contribution in [1.82, 2.24) is 20.7 Å². The third-order valence-electron chi connectivity index (χ3n) is 3.90. The maximum Gasteiger partial charge on any atom is 0.410 e. The van der Waals surface area contributed by atoms with Crippen LogP contribution in [0.5, 0.6) is 0 Å². The Morgan fingerprint density at radius 1 is 1.27 bits per heavy atom. The van der Waals surface area contributed by atoms with E-state index in [1.54, 1.807) is 19.1 Å². The average molecular weight is 389 g/mol. The van der Waals surface area contributed by atoms with Crippen LogP contribution in [0.4, 0.5) is 4.79 Å². The number of hydrogen-bond acceptors (Lipinski definition) is 5. The number of likely N-dealkylation sites (tertiary alicyclic amines) is 1. The summed E-state index contributed by atoms with van der Waals surface area (Å²) in [7, 11) is 3.36. The zero-order valence-electron chi connectivity index (χ0n) is 16.5. The molecule has 9 heteroatoms. The summed E-state index contributed by atoms with van der Waals surface area (Å²) in [4.78, 5) is 26.1. The molecule has 0 aromatic carbocycles. The van der Waals surface area contributed by atoms with E-state index in [0.717, 1.165) is 6.42 Å². The molecule has 2 amide bonds. The quantitative estimate of drug-likeness (QED) is 0.420. The van der Waals surface area contributed by atoms with Gasteiger partial charge in [0, 0.05) is 46.3 Å². The second kappa shape index (κ2) is 10.5. The number of thiocarbonyl (C=S) groups is 1. The van der Waals surface area contributed by atoms with Crippen LogP contribution in [0, 0.1) is 5.92 Å². The van der Waals surface area contributed by atoms with Gasteiger partial charge in [-0.3, -0.25) is 15.2 Å². The highest BCUT2D eigenvalue weighted by Crippen LogP contribution is 2.19. The van der Waals surface area contributed by atoms with Crippen molar-refractivity contribution in [2.45, 2.75) is 45.6 Å². The van der Waals surface area contributed by atoms with E-state index in [1.807, 2.05) is 20.8 Å². The summed E-state index contributed by atoms with van der Waals surface area (Å²) in [5.74, 6) is -0.232. The standard InChI is InChI=1S/C17H32N4O4S/c1-17(2,3)25-16(23)21-10-7-13(8-11-21)14(22)19-20(4)15(26)18-9-6-12-24-5/h13H,6-12H2,1-5H3,(H,18,26)(H,19,22). The lowest BCUT2D eigenvalue weighted by Gasteiger charge is -2.33. The molecule has 0 atom stereocenters. The average Bonchev–Trinajstić information content (AvgIpc) is 2.57. The van der Waals surface area contributed by atoms with Gasteiger partial charge in [-0.1, -0.05) is 0 Å². The van der Waals surface area contributed by atoms with Crippen LogP contribution >= 0.6 is 12.2 Å². The van der Waals surface area contributed by atoms with Gasteiger partial charge in [-0.15, -0.1) is 0 Å². The molecule has 0 unspecified atom stereocenters. The number of piperidine rings is 1. The van der Waals surface area contributed by atoms with Crippen molar-refractivity contribution in [3.8, 4) is 0 Å². The number of nitrogens with zero attached hydrogens (tertiary/aromatic N) is 2. The van der Waals surface area contributed by atoms with Gasteiger partial charge in [0.1, 0.15) is 5.60 Å². The molecule has 8 nitrogen and oxygen atoms in total. The molecule has 26 heavy (non-hydrogen) atoms. The molecule has 0 spiro atoms. The Balaban J connectivity index is 2.34. The normalized spacial score (nSPS) is 15.3. The summed E-state index contributed by atoms with van der Waals surface area (Å²) >= 11 is 5.24. The minimum atomic E-state index is -0.514. The Morgan fingerprint density at radius 2 is 1.88 bits per heavy atom. The number of rotatable bonds is 5. The molecule has 1 saturated heterocycles. The third kappa shape index (κ3) is 8.18. The minimum Gasteiger partial charge on any atom is -0.444 e. The molecule has 0 aromatic rings. The molecule has 0 bridgehead atoms. The summed E-state index contributed by atoms with van der Waals surface area (Å²) < 4.78 is 10.3. The summed E-state index contributed by atoms with van der Waals surface area (Å²) in [6.45, 7) is 7.88. The maximum absolute atomic E-state index is 12.4. The second-order valence-electron chi connectivity index (χ2n) is 7.36. The van der Waals surface area contributed by atoms with Crippen molar-refractivity contribution < 1.29 is 19.1 Å². The zero-order valence-corrected chi connectivity index (χ0v) is 17.3. The van der Waals surface area contributed by atoms with Crippen molar-refractivity contribution in [3.05, 3.63) is 0 Å². The Hall–Kier alpha value is -1.61. The van der Waals surface area contributed by atoms with Crippen LogP contribution in [0.1, 0.15) is 40.0 Å². The number of ether oxygens (including phenoxy) is 2. The molecule has 1 aliphatic rings. The summed E-state index contributed by atoms with van der Waals surface area (Å²) in [5, 5.41) is 5.04. The smallest absolute Gasteiger partial charge is 0.410 e. The van der Waals surface area contributed by atoms with Crippen LogP contribution in [0.15, 0.2) is 0 Å². The van der Waals surface area contributed by atoms with Gasteiger partial charge in [0.25, 0.3) is 0 Å². The van der Waals surface area contributed by atoms with Crippen molar-refractivity contribution in [1.29, 1.82) is 0 Å². The molecule has 0 saturated carbocycles. The fourth-order valence-corrected chi connectivity index (χ4v) is 2.64. The Bertz CT molecular complexity index is 488. The van der Waals surface area contributed by atoms with Crippen LogP contribution < -0.4 is 10.7 Å². The van der Waals surface area contributed by atoms with Gasteiger partial charge in [-0.05, 0) is 52.3 Å². The maximum atomic E-state index is 12.4. The topological polar surface area (TPSA) is 83.1 Å². The SMILES string of the molecule is COCCCNC(=S)N(C)NC(=O)C1CCN(C(=O)OC(C)(C)C)CC1. The predicted molar refractivity (Wildman–Crippen MR) is 104 cm³/mol. The van der Waals surface area contributed by atoms with Gasteiger partial charge < -0.3 is 19.7 Å². The number of nitrogens with one attached hydrogen (secondary N) is 2. The first kappa shape index (κ1) is 22.4. The molecular weight excluding hydrogens is 356 g/mol. The largest absolute Gasteiger partial charge is 0.444 e. The zero-order chi connectivity index (χ0) is 19.7. The highest BCUT2D eigenvalue weighted by atomic mass is 32.1. The first-order valence-electron chi connectivity index (χ1n) is 8.93. The lowest BCUT2D eigenvalue weighted by molar-refractivity contribution is -0.129. The minimum absolute atomic E-state index is 0.0858. The van der Waals surface area contributed by atoms with Gasteiger partial charge in [0.2, 0.25) is 5.91 Å². The molecule has 150 valence electrons. The van der Waals surface area contributed by atoms with E-state index in [-0.39, 0.29) is 17.9 Å². The van der Waals surface area contributed by atoms with Crippen LogP contribution in [-0.2, 0) is 14.3 Å². The van der Waals surface area contributed by atoms with Gasteiger partial charge in [0.15, 0.2) is 5.11 Å². The van der Waals surface area contributed by atoms with Crippen molar-refractivity contribution in [3.63, 3.8) is 0 Å². The van der Waals surface area contributed by atoms with Gasteiger partial charge in [-0.2, -0.15) is 0 Å². The lowest BCUT2D eigenvalue weighted by atomic mass is 9.96. The first-order chi connectivity index (χ1) is 12.1. The predicted octanol–water partition coefficient (Wildman–Crippen LogP) is 1.51. The lowest BCUT2D eigenvalue weighted by Crippen LogP contribution is -2.51. The highest BCUT2D eigenvalue weighted by molar-refractivity contribution is 7.80. The number of hydrazine groups is 1. The number of carbonyl (C=O) groups excluding carboxylic acids is 2. The number of hydrogen-bond donors (Lipinski definition) is 2. The third-order valence-corrected chi connectivity index (χ3v) is 4.32. The molecule has 0 aliphatic carbocycles. The van der Waals surface area contributed by atoms with E-state index in [9.17, 15) is 9.59 Å². The molecule has 1 fully saturated rings. The summed E-state index contributed by atoms with van der Waals surface area (Å²) in [5.41, 5.74) is 2.28. The fraction of sp³-hybridized carbons (Fsp3) is 0.824. The van der Waals surface area contributed by atoms with E-state index in [0.29, 0.717) is 44.2 Å². The molecular formula is C17H32N4O4S. The monoisotopic (exact) mass is 388 g/mol. The molecule has 1 heterocycles. The fourth-order valence-electron chi connectivity index (χ4n) is 2.49. The van der Waals surface area contributed by atoms with Crippen molar-refractivity contribution in [2.75, 3.05) is 40.4 Å². The Kier molecular flexibility index (Phi) is 9.07. The van der Waals surface area contributed by atoms with Gasteiger partial charge in [-0.25, -0.2) is 4.79 Å². The molecule has 0 radical (unpaired) electrons. The highest BCUT2D eigenvalue weighted by Gasteiger charge is 2.30. The summed E-state index contributed by atoms with van der Waals surface area (Å²) in [6, 6.07) is 0. The number of methoxy groups -OCH3 is 1. The molecule has 1 aliphatic heterocycles. The molecule has 1 rings (SSSR count). The first-order valence-corrected chi connectivity index (χ1v) is 9.34. The van der Waals surface area contributed by atoms with Crippen LogP contribution in [0.3, 0.4) is 0 Å². The van der Waals surface area contributed by atoms with Gasteiger partial charge >= 0.3 is 6.09 Å². The Labute approximate surface area is 161 Å². The number of amides is 2. The van der Waals surface area contributed by atoms with Crippen molar-refractivity contribution in [2.24, 2.45) is 5.92 Å². The van der Waals surface area contributed by atoms with E-state index in [2.05, 4.69) is 10.7 Å². The molecule has 0 aromatic heterocycles. The van der Waals surface area contributed by atoms with Gasteiger partial charge in [0.05, 0.1) is 0 Å². The second-order valence-corrected chi connectivity index (χ2v) is 7.74. The van der Waals surface area contributed by atoms with E-state index >= 15 is 0 Å². The number of carbonyl (C=O) groups is 2. The van der Waals surface area contributed by atoms with Crippen LogP contribution in [-0.4, -0.2) is 73.0 Å². The molecule has 2 N–H and O–H groups in total. The summed E-state index contributed by atoms with van der Waals surface area (Å²) in [6.07, 6.45) is 1.72. The van der Waals surface area contributed by atoms with Crippen LogP contribution in [0.2, 0.25) is 0 Å².